The van der Waals surface area contributed by atoms with Crippen LogP contribution >= 0.6 is 0 Å². The number of urea groups is 1. The highest BCUT2D eigenvalue weighted by Gasteiger charge is 2.25. The molecule has 0 aromatic heterocycles. The van der Waals surface area contributed by atoms with Crippen molar-refractivity contribution in [2.45, 2.75) is 25.4 Å². The first kappa shape index (κ1) is 15.6. The molecule has 1 saturated carbocycles. The maximum atomic E-state index is 11.7. The van der Waals surface area contributed by atoms with E-state index in [-0.39, 0.29) is 18.1 Å². The second kappa shape index (κ2) is 7.88. The number of likely N-dealkylation sites (N-methyl/N-ethyl adjacent to an activating group) is 1. The predicted octanol–water partition coefficient (Wildman–Crippen LogP) is 1.58. The van der Waals surface area contributed by atoms with Crippen molar-refractivity contribution in [3.8, 4) is 0 Å². The van der Waals surface area contributed by atoms with E-state index in [1.807, 2.05) is 37.4 Å². The van der Waals surface area contributed by atoms with Crippen LogP contribution in [0.2, 0.25) is 0 Å². The standard InChI is InChI=1S/C16H25N3O2/c1-19(14-7-3-2-4-8-14)11-10-17-16(21)18-12-13-6-5-9-15(13)20/h2-4,7-8,13,15,20H,5-6,9-12H2,1H3,(H2,17,18,21)/t13-,15-/m1/s1. The number of anilines is 1. The molecule has 116 valence electrons. The maximum absolute atomic E-state index is 11.7. The predicted molar refractivity (Wildman–Crippen MR) is 84.5 cm³/mol. The summed E-state index contributed by atoms with van der Waals surface area (Å²) in [5.74, 6) is 0.211. The smallest absolute Gasteiger partial charge is 0.314 e. The summed E-state index contributed by atoms with van der Waals surface area (Å²) in [5.41, 5.74) is 1.13. The molecule has 0 aliphatic heterocycles. The highest BCUT2D eigenvalue weighted by atomic mass is 16.3. The monoisotopic (exact) mass is 291 g/mol. The molecule has 0 bridgehead atoms. The third-order valence-electron chi connectivity index (χ3n) is 4.07. The Labute approximate surface area is 126 Å². The SMILES string of the molecule is CN(CCNC(=O)NC[C@H]1CCC[C@H]1O)c1ccccc1. The van der Waals surface area contributed by atoms with Crippen molar-refractivity contribution in [3.05, 3.63) is 30.3 Å². The van der Waals surface area contributed by atoms with Gasteiger partial charge in [-0.25, -0.2) is 4.79 Å². The third kappa shape index (κ3) is 4.93. The van der Waals surface area contributed by atoms with Gasteiger partial charge in [-0.15, -0.1) is 0 Å². The number of hydrogen-bond acceptors (Lipinski definition) is 3. The van der Waals surface area contributed by atoms with Gasteiger partial charge in [-0.1, -0.05) is 24.6 Å². The van der Waals surface area contributed by atoms with Crippen molar-refractivity contribution in [2.24, 2.45) is 5.92 Å². The van der Waals surface area contributed by atoms with Gasteiger partial charge in [0.1, 0.15) is 0 Å². The summed E-state index contributed by atoms with van der Waals surface area (Å²) in [4.78, 5) is 13.8. The van der Waals surface area contributed by atoms with Crippen molar-refractivity contribution in [2.75, 3.05) is 31.6 Å². The molecule has 3 N–H and O–H groups in total. The van der Waals surface area contributed by atoms with Gasteiger partial charge in [0.05, 0.1) is 6.10 Å². The molecule has 0 unspecified atom stereocenters. The van der Waals surface area contributed by atoms with E-state index in [1.54, 1.807) is 0 Å². The average Bonchev–Trinajstić information content (AvgIpc) is 2.91. The number of para-hydroxylation sites is 1. The largest absolute Gasteiger partial charge is 0.393 e. The second-order valence-corrected chi connectivity index (χ2v) is 5.65. The lowest BCUT2D eigenvalue weighted by Gasteiger charge is -2.20. The summed E-state index contributed by atoms with van der Waals surface area (Å²) in [5, 5.41) is 15.4. The molecule has 0 heterocycles. The Hall–Kier alpha value is -1.75. The van der Waals surface area contributed by atoms with Crippen LogP contribution in [0.4, 0.5) is 10.5 Å². The molecule has 0 spiro atoms. The Kier molecular flexibility index (Phi) is 5.87. The molecular formula is C16H25N3O2. The van der Waals surface area contributed by atoms with Gasteiger partial charge in [0.15, 0.2) is 0 Å². The number of hydrogen-bond donors (Lipinski definition) is 3. The fourth-order valence-corrected chi connectivity index (χ4v) is 2.69. The van der Waals surface area contributed by atoms with E-state index >= 15 is 0 Å². The molecule has 0 saturated heterocycles. The van der Waals surface area contributed by atoms with Gasteiger partial charge in [0.2, 0.25) is 0 Å². The molecule has 1 aliphatic rings. The normalized spacial score (nSPS) is 21.0. The lowest BCUT2D eigenvalue weighted by atomic mass is 10.1. The van der Waals surface area contributed by atoms with Crippen LogP contribution in [-0.4, -0.2) is 43.9 Å². The average molecular weight is 291 g/mol. The topological polar surface area (TPSA) is 64.6 Å². The molecule has 2 rings (SSSR count). The fraction of sp³-hybridized carbons (Fsp3) is 0.562. The molecule has 1 aliphatic carbocycles. The number of rotatable bonds is 6. The number of carbonyl (C=O) groups is 1. The zero-order valence-corrected chi connectivity index (χ0v) is 12.6. The fourth-order valence-electron chi connectivity index (χ4n) is 2.69. The number of nitrogens with zero attached hydrogens (tertiary/aromatic N) is 1. The molecule has 1 aromatic rings. The summed E-state index contributed by atoms with van der Waals surface area (Å²) in [6.07, 6.45) is 2.65. The second-order valence-electron chi connectivity index (χ2n) is 5.65. The maximum Gasteiger partial charge on any atom is 0.314 e. The van der Waals surface area contributed by atoms with Crippen LogP contribution in [-0.2, 0) is 0 Å². The minimum absolute atomic E-state index is 0.157. The van der Waals surface area contributed by atoms with Gasteiger partial charge in [-0.2, -0.15) is 0 Å². The number of carbonyl (C=O) groups excluding carboxylic acids is 1. The summed E-state index contributed by atoms with van der Waals surface area (Å²) in [6.45, 7) is 1.90. The van der Waals surface area contributed by atoms with Gasteiger partial charge in [-0.3, -0.25) is 0 Å². The van der Waals surface area contributed by atoms with E-state index in [1.165, 1.54) is 0 Å². The molecule has 5 nitrogen and oxygen atoms in total. The van der Waals surface area contributed by atoms with Gasteiger partial charge < -0.3 is 20.6 Å². The van der Waals surface area contributed by atoms with Gasteiger partial charge in [0.25, 0.3) is 0 Å². The molecule has 21 heavy (non-hydrogen) atoms. The Morgan fingerprint density at radius 2 is 2.05 bits per heavy atom. The van der Waals surface area contributed by atoms with E-state index in [9.17, 15) is 9.90 Å². The Balaban J connectivity index is 1.61. The summed E-state index contributed by atoms with van der Waals surface area (Å²) < 4.78 is 0. The zero-order chi connectivity index (χ0) is 15.1. The zero-order valence-electron chi connectivity index (χ0n) is 12.6. The molecule has 0 radical (unpaired) electrons. The van der Waals surface area contributed by atoms with E-state index < -0.39 is 0 Å². The van der Waals surface area contributed by atoms with E-state index in [4.69, 9.17) is 0 Å². The number of aliphatic hydroxyl groups is 1. The van der Waals surface area contributed by atoms with Crippen molar-refractivity contribution < 1.29 is 9.90 Å². The summed E-state index contributed by atoms with van der Waals surface area (Å²) in [6, 6.07) is 9.91. The minimum Gasteiger partial charge on any atom is -0.393 e. The van der Waals surface area contributed by atoms with Crippen LogP contribution in [0.1, 0.15) is 19.3 Å². The lowest BCUT2D eigenvalue weighted by molar-refractivity contribution is 0.132. The highest BCUT2D eigenvalue weighted by molar-refractivity contribution is 5.73. The molecule has 1 fully saturated rings. The molecule has 2 amide bonds. The molecule has 1 aromatic carbocycles. The van der Waals surface area contributed by atoms with Crippen LogP contribution in [0.3, 0.4) is 0 Å². The van der Waals surface area contributed by atoms with Crippen LogP contribution < -0.4 is 15.5 Å². The Morgan fingerprint density at radius 1 is 1.29 bits per heavy atom. The van der Waals surface area contributed by atoms with E-state index in [0.29, 0.717) is 13.1 Å². The highest BCUT2D eigenvalue weighted by Crippen LogP contribution is 2.24. The van der Waals surface area contributed by atoms with Crippen molar-refractivity contribution in [1.29, 1.82) is 0 Å². The first-order valence-corrected chi connectivity index (χ1v) is 7.63. The van der Waals surface area contributed by atoms with E-state index in [2.05, 4.69) is 15.5 Å². The lowest BCUT2D eigenvalue weighted by Crippen LogP contribution is -2.42. The number of amides is 2. The first-order chi connectivity index (χ1) is 10.2. The van der Waals surface area contributed by atoms with Crippen molar-refractivity contribution in [3.63, 3.8) is 0 Å². The van der Waals surface area contributed by atoms with Crippen LogP contribution in [0.15, 0.2) is 30.3 Å². The third-order valence-corrected chi connectivity index (χ3v) is 4.07. The molecular weight excluding hydrogens is 266 g/mol. The van der Waals surface area contributed by atoms with Gasteiger partial charge in [0, 0.05) is 38.3 Å². The van der Waals surface area contributed by atoms with Gasteiger partial charge in [-0.05, 0) is 25.0 Å². The first-order valence-electron chi connectivity index (χ1n) is 7.63. The van der Waals surface area contributed by atoms with Crippen LogP contribution in [0.25, 0.3) is 0 Å². The minimum atomic E-state index is -0.255. The van der Waals surface area contributed by atoms with Crippen LogP contribution in [0.5, 0.6) is 0 Å². The Bertz CT molecular complexity index is 438. The van der Waals surface area contributed by atoms with Crippen molar-refractivity contribution >= 4 is 11.7 Å². The summed E-state index contributed by atoms with van der Waals surface area (Å²) >= 11 is 0. The number of nitrogens with one attached hydrogen (secondary N) is 2. The van der Waals surface area contributed by atoms with Crippen molar-refractivity contribution in [1.82, 2.24) is 10.6 Å². The molecule has 2 atom stereocenters. The summed E-state index contributed by atoms with van der Waals surface area (Å²) in [7, 11) is 2.00. The molecule has 5 heteroatoms. The number of aliphatic hydroxyl groups excluding tert-OH is 1. The Morgan fingerprint density at radius 3 is 2.71 bits per heavy atom. The van der Waals surface area contributed by atoms with E-state index in [0.717, 1.165) is 31.5 Å². The number of benzene rings is 1. The van der Waals surface area contributed by atoms with Gasteiger partial charge >= 0.3 is 6.03 Å². The quantitative estimate of drug-likeness (QED) is 0.745. The van der Waals surface area contributed by atoms with Crippen LogP contribution in [0, 0.1) is 5.92 Å².